The molecule has 0 radical (unpaired) electrons. The number of ether oxygens (including phenoxy) is 2. The van der Waals surface area contributed by atoms with Gasteiger partial charge < -0.3 is 14.0 Å². The highest BCUT2D eigenvalue weighted by molar-refractivity contribution is 9.10. The molecule has 2 heterocycles. The Morgan fingerprint density at radius 1 is 1.12 bits per heavy atom. The third-order valence-corrected chi connectivity index (χ3v) is 5.90. The molecule has 1 aliphatic heterocycles. The predicted molar refractivity (Wildman–Crippen MR) is 103 cm³/mol. The quantitative estimate of drug-likeness (QED) is 0.582. The Bertz CT molecular complexity index is 814. The molecule has 25 heavy (non-hydrogen) atoms. The third-order valence-electron chi connectivity index (χ3n) is 4.05. The van der Waals surface area contributed by atoms with Gasteiger partial charge in [0, 0.05) is 22.6 Å². The molecule has 128 valence electrons. The molecule has 1 atom stereocenters. The van der Waals surface area contributed by atoms with E-state index in [1.807, 2.05) is 60.7 Å². The summed E-state index contributed by atoms with van der Waals surface area (Å²) in [7, 11) is 0. The fraction of sp³-hybridized carbons (Fsp3) is 0.211. The van der Waals surface area contributed by atoms with Crippen molar-refractivity contribution in [3.05, 3.63) is 77.3 Å². The van der Waals surface area contributed by atoms with Gasteiger partial charge in [-0.05, 0) is 42.0 Å². The second kappa shape index (κ2) is 7.23. The molecule has 3 aromatic rings. The van der Waals surface area contributed by atoms with Gasteiger partial charge in [-0.3, -0.25) is 0 Å². The van der Waals surface area contributed by atoms with Crippen molar-refractivity contribution in [2.75, 3.05) is 12.4 Å². The summed E-state index contributed by atoms with van der Waals surface area (Å²) in [5.41, 5.74) is 1.15. The second-order valence-electron chi connectivity index (χ2n) is 5.77. The van der Waals surface area contributed by atoms with E-state index in [4.69, 9.17) is 9.47 Å². The summed E-state index contributed by atoms with van der Waals surface area (Å²) in [5, 5.41) is 0. The highest BCUT2D eigenvalue weighted by Gasteiger charge is 2.38. The smallest absolute Gasteiger partial charge is 0.157 e. The molecule has 0 N–H and O–H groups in total. The van der Waals surface area contributed by atoms with Gasteiger partial charge >= 0.3 is 0 Å². The maximum absolute atomic E-state index is 6.14. The van der Waals surface area contributed by atoms with Gasteiger partial charge in [0.1, 0.15) is 11.5 Å². The van der Waals surface area contributed by atoms with Crippen LogP contribution in [0.15, 0.2) is 71.7 Å². The summed E-state index contributed by atoms with van der Waals surface area (Å²) in [4.78, 5) is 3.77. The monoisotopic (exact) mass is 416 g/mol. The lowest BCUT2D eigenvalue weighted by atomic mass is 10.1. The molecule has 1 unspecified atom stereocenters. The van der Waals surface area contributed by atoms with Crippen LogP contribution in [0.5, 0.6) is 11.5 Å². The second-order valence-corrected chi connectivity index (χ2v) is 8.04. The van der Waals surface area contributed by atoms with Crippen LogP contribution >= 0.6 is 27.7 Å². The fourth-order valence-corrected chi connectivity index (χ4v) is 4.31. The minimum absolute atomic E-state index is 0.364. The maximum atomic E-state index is 6.14. The van der Waals surface area contributed by atoms with E-state index < -0.39 is 0 Å². The van der Waals surface area contributed by atoms with Gasteiger partial charge in [0.05, 0.1) is 19.5 Å². The Labute approximate surface area is 159 Å². The molecule has 0 bridgehead atoms. The third kappa shape index (κ3) is 3.76. The number of hydrogen-bond acceptors (Lipinski definition) is 4. The number of thioether (sulfide) groups is 1. The van der Waals surface area contributed by atoms with Crippen LogP contribution in [0.1, 0.15) is 5.56 Å². The van der Waals surface area contributed by atoms with Crippen LogP contribution in [0.2, 0.25) is 0 Å². The first-order valence-corrected chi connectivity index (χ1v) is 9.79. The van der Waals surface area contributed by atoms with Crippen LogP contribution in [0.4, 0.5) is 0 Å². The van der Waals surface area contributed by atoms with Crippen LogP contribution in [0.3, 0.4) is 0 Å². The Morgan fingerprint density at radius 3 is 2.44 bits per heavy atom. The normalized spacial score (nSPS) is 19.9. The zero-order chi connectivity index (χ0) is 17.1. The van der Waals surface area contributed by atoms with Gasteiger partial charge in [0.2, 0.25) is 0 Å². The van der Waals surface area contributed by atoms with E-state index in [1.54, 1.807) is 6.20 Å². The summed E-state index contributed by atoms with van der Waals surface area (Å²) >= 11 is 5.27. The summed E-state index contributed by atoms with van der Waals surface area (Å²) < 4.78 is 15.1. The van der Waals surface area contributed by atoms with Crippen molar-refractivity contribution in [3.8, 4) is 11.5 Å². The lowest BCUT2D eigenvalue weighted by molar-refractivity contribution is 0.0357. The van der Waals surface area contributed by atoms with Crippen LogP contribution < -0.4 is 4.74 Å². The maximum Gasteiger partial charge on any atom is 0.157 e. The number of benzene rings is 2. The molecule has 0 spiro atoms. The molecule has 1 saturated heterocycles. The van der Waals surface area contributed by atoms with E-state index in [-0.39, 0.29) is 4.93 Å². The van der Waals surface area contributed by atoms with Crippen LogP contribution in [0.25, 0.3) is 0 Å². The van der Waals surface area contributed by atoms with Gasteiger partial charge in [-0.2, -0.15) is 0 Å². The van der Waals surface area contributed by atoms with Crippen molar-refractivity contribution in [1.82, 2.24) is 9.55 Å². The number of rotatable bonds is 5. The molecule has 4 nitrogen and oxygen atoms in total. The topological polar surface area (TPSA) is 36.3 Å². The van der Waals surface area contributed by atoms with Gasteiger partial charge in [-0.25, -0.2) is 4.98 Å². The van der Waals surface area contributed by atoms with E-state index >= 15 is 0 Å². The molecule has 1 aromatic heterocycles. The molecule has 2 aromatic carbocycles. The summed E-state index contributed by atoms with van der Waals surface area (Å²) in [6.45, 7) is 1.50. The van der Waals surface area contributed by atoms with Gasteiger partial charge in [0.15, 0.2) is 4.93 Å². The fourth-order valence-electron chi connectivity index (χ4n) is 2.84. The average Bonchev–Trinajstić information content (AvgIpc) is 3.31. The van der Waals surface area contributed by atoms with Crippen molar-refractivity contribution >= 4 is 27.7 Å². The predicted octanol–water partition coefficient (Wildman–Crippen LogP) is 5.05. The standard InChI is InChI=1S/C19H17BrN2O2S/c20-16-3-7-18(8-4-16)24-17-5-1-15(2-6-17)19(23-11-12-25-19)13-22-10-9-21-14-22/h1-10,14H,11-13H2. The zero-order valence-electron chi connectivity index (χ0n) is 13.5. The molecule has 0 amide bonds. The summed E-state index contributed by atoms with van der Waals surface area (Å²) in [6, 6.07) is 16.0. The van der Waals surface area contributed by atoms with Gasteiger partial charge in [-0.15, -0.1) is 11.8 Å². The van der Waals surface area contributed by atoms with Crippen molar-refractivity contribution in [2.45, 2.75) is 11.5 Å². The molecular weight excluding hydrogens is 400 g/mol. The van der Waals surface area contributed by atoms with Gasteiger partial charge in [0.25, 0.3) is 0 Å². The van der Waals surface area contributed by atoms with E-state index in [9.17, 15) is 0 Å². The van der Waals surface area contributed by atoms with Crippen LogP contribution in [0, 0.1) is 0 Å². The first-order valence-electron chi connectivity index (χ1n) is 8.01. The van der Waals surface area contributed by atoms with E-state index in [1.165, 1.54) is 0 Å². The molecule has 0 aliphatic carbocycles. The first kappa shape index (κ1) is 16.7. The van der Waals surface area contributed by atoms with E-state index in [0.717, 1.165) is 40.4 Å². The lowest BCUT2D eigenvalue weighted by Gasteiger charge is -2.28. The Hall–Kier alpha value is -1.76. The van der Waals surface area contributed by atoms with Crippen molar-refractivity contribution < 1.29 is 9.47 Å². The molecule has 1 fully saturated rings. The minimum atomic E-state index is -0.364. The number of halogens is 1. The highest BCUT2D eigenvalue weighted by Crippen LogP contribution is 2.44. The largest absolute Gasteiger partial charge is 0.457 e. The van der Waals surface area contributed by atoms with Crippen molar-refractivity contribution in [1.29, 1.82) is 0 Å². The number of imidazole rings is 1. The molecule has 0 saturated carbocycles. The number of hydrogen-bond donors (Lipinski definition) is 0. The lowest BCUT2D eigenvalue weighted by Crippen LogP contribution is -2.27. The molecule has 6 heteroatoms. The summed E-state index contributed by atoms with van der Waals surface area (Å²) in [5.74, 6) is 2.62. The minimum Gasteiger partial charge on any atom is -0.457 e. The molecule has 1 aliphatic rings. The Kier molecular flexibility index (Phi) is 4.83. The van der Waals surface area contributed by atoms with Gasteiger partial charge in [-0.1, -0.05) is 28.1 Å². The Balaban J connectivity index is 1.54. The Morgan fingerprint density at radius 2 is 1.84 bits per heavy atom. The summed E-state index contributed by atoms with van der Waals surface area (Å²) in [6.07, 6.45) is 5.59. The van der Waals surface area contributed by atoms with Crippen molar-refractivity contribution in [3.63, 3.8) is 0 Å². The SMILES string of the molecule is Brc1ccc(Oc2ccc(C3(Cn4ccnc4)OCCS3)cc2)cc1. The average molecular weight is 417 g/mol. The zero-order valence-corrected chi connectivity index (χ0v) is 15.9. The first-order chi connectivity index (χ1) is 12.2. The van der Waals surface area contributed by atoms with E-state index in [2.05, 4.69) is 37.6 Å². The highest BCUT2D eigenvalue weighted by atomic mass is 79.9. The molecule has 4 rings (SSSR count). The number of aromatic nitrogens is 2. The van der Waals surface area contributed by atoms with Crippen molar-refractivity contribution in [2.24, 2.45) is 0 Å². The number of nitrogens with zero attached hydrogens (tertiary/aromatic N) is 2. The van der Waals surface area contributed by atoms with E-state index in [0.29, 0.717) is 0 Å². The van der Waals surface area contributed by atoms with Crippen LogP contribution in [-0.2, 0) is 16.2 Å². The molecular formula is C19H17BrN2O2S. The van der Waals surface area contributed by atoms with Crippen LogP contribution in [-0.4, -0.2) is 21.9 Å².